The molecule has 4 aromatic rings. The van der Waals surface area contributed by atoms with Crippen molar-refractivity contribution in [3.05, 3.63) is 84.0 Å². The number of amides is 1. The first kappa shape index (κ1) is 16.1. The molecule has 26 heavy (non-hydrogen) atoms. The Morgan fingerprint density at radius 3 is 2.62 bits per heavy atom. The van der Waals surface area contributed by atoms with E-state index in [-0.39, 0.29) is 12.5 Å². The van der Waals surface area contributed by atoms with Crippen molar-refractivity contribution in [1.82, 2.24) is 5.32 Å². The third-order valence-corrected chi connectivity index (χ3v) is 4.10. The number of furan rings is 2. The number of carbonyl (C=O) groups excluding carboxylic acids is 1. The maximum Gasteiger partial charge on any atom is 0.255 e. The molecule has 0 unspecified atom stereocenters. The fourth-order valence-electron chi connectivity index (χ4n) is 2.83. The minimum Gasteiger partial charge on any atom is -0.467 e. The number of rotatable bonds is 4. The predicted molar refractivity (Wildman–Crippen MR) is 91.4 cm³/mol. The molecule has 0 aliphatic rings. The molecule has 0 bridgehead atoms. The van der Waals surface area contributed by atoms with Crippen LogP contribution in [0.4, 0.5) is 8.78 Å². The van der Waals surface area contributed by atoms with Gasteiger partial charge in [0.2, 0.25) is 0 Å². The first-order valence-electron chi connectivity index (χ1n) is 7.89. The molecule has 2 aromatic carbocycles. The Kier molecular flexibility index (Phi) is 4.01. The molecule has 0 radical (unpaired) electrons. The molecular formula is C20H13F2NO3. The second kappa shape index (κ2) is 6.48. The standard InChI is InChI=1S/C20H13F2NO3/c21-17-6-3-12(10-18(17)22)14-4-5-16(19-15(14)7-9-26-19)20(24)23-11-13-2-1-8-25-13/h1-10H,11H2,(H,23,24). The number of hydrogen-bond donors (Lipinski definition) is 1. The van der Waals surface area contributed by atoms with Gasteiger partial charge in [0.25, 0.3) is 5.91 Å². The Balaban J connectivity index is 1.69. The molecule has 0 aliphatic heterocycles. The van der Waals surface area contributed by atoms with Gasteiger partial charge in [0, 0.05) is 5.39 Å². The molecule has 130 valence electrons. The number of nitrogens with one attached hydrogen (secondary N) is 1. The van der Waals surface area contributed by atoms with Crippen molar-refractivity contribution >= 4 is 16.9 Å². The molecule has 6 heteroatoms. The van der Waals surface area contributed by atoms with E-state index < -0.39 is 11.6 Å². The van der Waals surface area contributed by atoms with Gasteiger partial charge in [0.05, 0.1) is 24.6 Å². The Morgan fingerprint density at radius 2 is 1.85 bits per heavy atom. The fourth-order valence-corrected chi connectivity index (χ4v) is 2.83. The maximum atomic E-state index is 13.6. The van der Waals surface area contributed by atoms with Crippen LogP contribution >= 0.6 is 0 Å². The highest BCUT2D eigenvalue weighted by atomic mass is 19.2. The van der Waals surface area contributed by atoms with Crippen LogP contribution in [0, 0.1) is 11.6 Å². The average molecular weight is 353 g/mol. The second-order valence-electron chi connectivity index (χ2n) is 5.72. The van der Waals surface area contributed by atoms with E-state index in [1.54, 1.807) is 30.3 Å². The van der Waals surface area contributed by atoms with Crippen LogP contribution in [0.5, 0.6) is 0 Å². The molecule has 0 spiro atoms. The van der Waals surface area contributed by atoms with E-state index in [9.17, 15) is 13.6 Å². The summed E-state index contributed by atoms with van der Waals surface area (Å²) in [6.07, 6.45) is 2.99. The summed E-state index contributed by atoms with van der Waals surface area (Å²) in [5.41, 5.74) is 1.88. The molecule has 1 N–H and O–H groups in total. The van der Waals surface area contributed by atoms with Crippen LogP contribution in [0.1, 0.15) is 16.1 Å². The van der Waals surface area contributed by atoms with Crippen molar-refractivity contribution in [2.24, 2.45) is 0 Å². The van der Waals surface area contributed by atoms with Gasteiger partial charge in [0.15, 0.2) is 11.6 Å². The lowest BCUT2D eigenvalue weighted by molar-refractivity contribution is 0.0948. The predicted octanol–water partition coefficient (Wildman–Crippen LogP) is 4.90. The molecule has 2 heterocycles. The normalized spacial score (nSPS) is 11.0. The third-order valence-electron chi connectivity index (χ3n) is 4.10. The van der Waals surface area contributed by atoms with E-state index >= 15 is 0 Å². The highest BCUT2D eigenvalue weighted by molar-refractivity contribution is 6.08. The Morgan fingerprint density at radius 1 is 0.962 bits per heavy atom. The molecule has 0 saturated carbocycles. The second-order valence-corrected chi connectivity index (χ2v) is 5.72. The van der Waals surface area contributed by atoms with Crippen LogP contribution in [0.2, 0.25) is 0 Å². The quantitative estimate of drug-likeness (QED) is 0.568. The lowest BCUT2D eigenvalue weighted by Crippen LogP contribution is -2.22. The summed E-state index contributed by atoms with van der Waals surface area (Å²) in [4.78, 5) is 12.5. The van der Waals surface area contributed by atoms with Gasteiger partial charge in [0.1, 0.15) is 11.3 Å². The summed E-state index contributed by atoms with van der Waals surface area (Å²) in [7, 11) is 0. The molecule has 1 amide bonds. The number of benzene rings is 2. The topological polar surface area (TPSA) is 55.4 Å². The lowest BCUT2D eigenvalue weighted by Gasteiger charge is -2.08. The Bertz CT molecular complexity index is 1080. The zero-order valence-electron chi connectivity index (χ0n) is 13.5. The smallest absolute Gasteiger partial charge is 0.255 e. The van der Waals surface area contributed by atoms with Gasteiger partial charge < -0.3 is 14.2 Å². The van der Waals surface area contributed by atoms with Crippen LogP contribution in [0.25, 0.3) is 22.1 Å². The monoisotopic (exact) mass is 353 g/mol. The Hall–Kier alpha value is -3.41. The fraction of sp³-hybridized carbons (Fsp3) is 0.0500. The number of carbonyl (C=O) groups is 1. The Labute approximate surface area is 147 Å². The van der Waals surface area contributed by atoms with E-state index in [4.69, 9.17) is 8.83 Å². The van der Waals surface area contributed by atoms with Crippen LogP contribution in [-0.4, -0.2) is 5.91 Å². The molecular weight excluding hydrogens is 340 g/mol. The summed E-state index contributed by atoms with van der Waals surface area (Å²) in [5, 5.41) is 3.40. The third kappa shape index (κ3) is 2.86. The van der Waals surface area contributed by atoms with Crippen molar-refractivity contribution in [2.45, 2.75) is 6.54 Å². The van der Waals surface area contributed by atoms with Crippen LogP contribution in [0.15, 0.2) is 69.9 Å². The van der Waals surface area contributed by atoms with Crippen molar-refractivity contribution in [3.8, 4) is 11.1 Å². The highest BCUT2D eigenvalue weighted by Gasteiger charge is 2.17. The molecule has 2 aromatic heterocycles. The first-order valence-corrected chi connectivity index (χ1v) is 7.89. The largest absolute Gasteiger partial charge is 0.467 e. The summed E-state index contributed by atoms with van der Waals surface area (Å²) in [6, 6.07) is 12.1. The highest BCUT2D eigenvalue weighted by Crippen LogP contribution is 2.32. The lowest BCUT2D eigenvalue weighted by atomic mass is 9.99. The molecule has 0 aliphatic carbocycles. The number of hydrogen-bond acceptors (Lipinski definition) is 3. The van der Waals surface area contributed by atoms with Crippen LogP contribution < -0.4 is 5.32 Å². The number of fused-ring (bicyclic) bond motifs is 1. The summed E-state index contributed by atoms with van der Waals surface area (Å²) < 4.78 is 37.4. The minimum absolute atomic E-state index is 0.249. The molecule has 0 fully saturated rings. The van der Waals surface area contributed by atoms with Crippen molar-refractivity contribution < 1.29 is 22.4 Å². The first-order chi connectivity index (χ1) is 12.6. The van der Waals surface area contributed by atoms with E-state index in [1.165, 1.54) is 18.6 Å². The van der Waals surface area contributed by atoms with E-state index in [1.807, 2.05) is 0 Å². The van der Waals surface area contributed by atoms with Gasteiger partial charge in [-0.25, -0.2) is 8.78 Å². The van der Waals surface area contributed by atoms with Crippen molar-refractivity contribution in [3.63, 3.8) is 0 Å². The SMILES string of the molecule is O=C(NCc1ccco1)c1ccc(-c2ccc(F)c(F)c2)c2ccoc12. The van der Waals surface area contributed by atoms with Crippen molar-refractivity contribution in [2.75, 3.05) is 0 Å². The van der Waals surface area contributed by atoms with E-state index in [0.717, 1.165) is 12.1 Å². The molecule has 4 rings (SSSR count). The van der Waals surface area contributed by atoms with Gasteiger partial charge in [-0.15, -0.1) is 0 Å². The average Bonchev–Trinajstić information content (AvgIpc) is 3.33. The van der Waals surface area contributed by atoms with Gasteiger partial charge in [-0.2, -0.15) is 0 Å². The van der Waals surface area contributed by atoms with Gasteiger partial charge >= 0.3 is 0 Å². The van der Waals surface area contributed by atoms with Gasteiger partial charge in [-0.05, 0) is 47.5 Å². The molecule has 0 atom stereocenters. The summed E-state index contributed by atoms with van der Waals surface area (Å²) in [6.45, 7) is 0.249. The minimum atomic E-state index is -0.931. The summed E-state index contributed by atoms with van der Waals surface area (Å²) >= 11 is 0. The zero-order valence-corrected chi connectivity index (χ0v) is 13.5. The van der Waals surface area contributed by atoms with E-state index in [0.29, 0.717) is 33.4 Å². The van der Waals surface area contributed by atoms with Crippen LogP contribution in [0.3, 0.4) is 0 Å². The van der Waals surface area contributed by atoms with Crippen molar-refractivity contribution in [1.29, 1.82) is 0 Å². The summed E-state index contributed by atoms with van der Waals surface area (Å²) in [5.74, 6) is -1.53. The zero-order chi connectivity index (χ0) is 18.1. The van der Waals surface area contributed by atoms with E-state index in [2.05, 4.69) is 5.32 Å². The van der Waals surface area contributed by atoms with Crippen LogP contribution in [-0.2, 0) is 6.54 Å². The maximum absolute atomic E-state index is 13.6. The molecule has 0 saturated heterocycles. The van der Waals surface area contributed by atoms with Gasteiger partial charge in [-0.3, -0.25) is 4.79 Å². The molecule has 4 nitrogen and oxygen atoms in total. The number of halogens is 2. The van der Waals surface area contributed by atoms with Gasteiger partial charge in [-0.1, -0.05) is 12.1 Å².